The molecule has 0 saturated carbocycles. The van der Waals surface area contributed by atoms with Gasteiger partial charge in [-0.15, -0.1) is 0 Å². The average Bonchev–Trinajstić information content (AvgIpc) is 0.858. The molecule has 14 atom stereocenters. The molecule has 0 aliphatic carbocycles. The molecule has 0 heterocycles. The number of carbonyl (C=O) groups is 15. The Morgan fingerprint density at radius 2 is 0.358 bits per heavy atom. The summed E-state index contributed by atoms with van der Waals surface area (Å²) >= 11 is 0. The van der Waals surface area contributed by atoms with E-state index in [0.717, 1.165) is 0 Å². The van der Waals surface area contributed by atoms with Gasteiger partial charge in [-0.25, -0.2) is 0 Å². The fraction of sp³-hybridized carbons (Fsp3) is 0.819. The molecular weight excluding hydrogens is 1550 g/mol. The molecular formula is C83H159N21O16. The Morgan fingerprint density at radius 1 is 0.217 bits per heavy atom. The van der Waals surface area contributed by atoms with Crippen molar-refractivity contribution in [3.63, 3.8) is 0 Å². The van der Waals surface area contributed by atoms with Gasteiger partial charge in [0.05, 0.1) is 6.04 Å². The number of rotatable bonds is 68. The Balaban J connectivity index is 7.41. The van der Waals surface area contributed by atoms with E-state index in [-0.39, 0.29) is 177 Å². The predicted molar refractivity (Wildman–Crippen MR) is 463 cm³/mol. The monoisotopic (exact) mass is 1710 g/mol. The SMILES string of the molecule is CC(C)C[C@H](NC(=O)[C@H](CC(C)C)NC(=O)[C@H](CCCCN)NC(=O)[C@H](CCCCN)NC(=O)[C@H](CC(C)C)NC(=O)[C@H](CC(C)C)NC(=O)[C@H](CCCCN)NC(=O)[C@H](CCCCN)NC(=O)[C@H](CC(C)C)NC(=O)[C@H](CC(C)C)NC(=O)[C@H](CCCCN)NC(=O)[C@H](CCCCN)NC(=O)[C@H](CC(C)C)NC(=O)[C@@H](N)CCC(=O)O)C(N)=O. The molecule has 37 heteroatoms. The topological polar surface area (TPSA) is 641 Å². The van der Waals surface area contributed by atoms with E-state index >= 15 is 0 Å². The van der Waals surface area contributed by atoms with Gasteiger partial charge in [0, 0.05) is 6.42 Å². The van der Waals surface area contributed by atoms with Crippen LogP contribution in [0.2, 0.25) is 0 Å². The van der Waals surface area contributed by atoms with Crippen molar-refractivity contribution in [1.29, 1.82) is 0 Å². The molecule has 0 bridgehead atoms. The normalized spacial score (nSPS) is 15.1. The number of nitrogens with two attached hydrogens (primary N) is 8. The first kappa shape index (κ1) is 112. The van der Waals surface area contributed by atoms with Crippen LogP contribution in [0.25, 0.3) is 0 Å². The fourth-order valence-corrected chi connectivity index (χ4v) is 13.5. The number of hydrogen-bond acceptors (Lipinski definition) is 22. The van der Waals surface area contributed by atoms with E-state index < -0.39 is 173 Å². The summed E-state index contributed by atoms with van der Waals surface area (Å²) in [5, 5.41) is 45.3. The fourth-order valence-electron chi connectivity index (χ4n) is 13.5. The van der Waals surface area contributed by atoms with E-state index in [1.807, 2.05) is 96.9 Å². The second-order valence-corrected chi connectivity index (χ2v) is 34.9. The van der Waals surface area contributed by atoms with Crippen molar-refractivity contribution in [1.82, 2.24) is 69.1 Å². The van der Waals surface area contributed by atoms with Crippen LogP contribution in [-0.2, 0) is 71.9 Å². The lowest BCUT2D eigenvalue weighted by Crippen LogP contribution is -2.61. The summed E-state index contributed by atoms with van der Waals surface area (Å²) in [4.78, 5) is 211. The molecule has 0 rings (SSSR count). The molecule has 0 aliphatic heterocycles. The van der Waals surface area contributed by atoms with E-state index in [1.54, 1.807) is 0 Å². The average molecular weight is 1710 g/mol. The minimum Gasteiger partial charge on any atom is -0.481 e. The van der Waals surface area contributed by atoms with Gasteiger partial charge >= 0.3 is 5.97 Å². The second kappa shape index (κ2) is 62.8. The van der Waals surface area contributed by atoms with Crippen LogP contribution in [0.3, 0.4) is 0 Å². The van der Waals surface area contributed by atoms with E-state index in [1.165, 1.54) is 0 Å². The first-order valence-corrected chi connectivity index (χ1v) is 43.9. The number of carboxylic acid groups (broad SMARTS) is 1. The molecule has 0 aliphatic rings. The molecule has 0 saturated heterocycles. The van der Waals surface area contributed by atoms with Crippen molar-refractivity contribution in [3.8, 4) is 0 Å². The maximum atomic E-state index is 14.9. The molecule has 0 radical (unpaired) electrons. The number of carbonyl (C=O) groups excluding carboxylic acids is 14. The summed E-state index contributed by atoms with van der Waals surface area (Å²) in [5.74, 6) is -12.7. The largest absolute Gasteiger partial charge is 0.481 e. The lowest BCUT2D eigenvalue weighted by atomic mass is 9.98. The van der Waals surface area contributed by atoms with E-state index in [4.69, 9.17) is 51.0 Å². The van der Waals surface area contributed by atoms with Crippen LogP contribution in [0, 0.1) is 41.4 Å². The maximum absolute atomic E-state index is 14.9. The number of carboxylic acids is 1. The summed E-state index contributed by atoms with van der Waals surface area (Å²) in [5.41, 5.74) is 47.0. The van der Waals surface area contributed by atoms with Gasteiger partial charge in [0.15, 0.2) is 0 Å². The summed E-state index contributed by atoms with van der Waals surface area (Å²) in [6.45, 7) is 27.1. The first-order valence-electron chi connectivity index (χ1n) is 43.9. The van der Waals surface area contributed by atoms with Crippen LogP contribution in [0.1, 0.15) is 270 Å². The van der Waals surface area contributed by atoms with Gasteiger partial charge < -0.3 is 120 Å². The van der Waals surface area contributed by atoms with Gasteiger partial charge in [-0.1, -0.05) is 96.9 Å². The number of hydrogen-bond donors (Lipinski definition) is 22. The molecule has 0 fully saturated rings. The minimum atomic E-state index is -1.33. The Kier molecular flexibility index (Phi) is 58.5. The van der Waals surface area contributed by atoms with Crippen molar-refractivity contribution in [2.45, 2.75) is 355 Å². The Labute approximate surface area is 713 Å². The zero-order valence-corrected chi connectivity index (χ0v) is 74.6. The number of nitrogens with one attached hydrogen (secondary N) is 13. The highest BCUT2D eigenvalue weighted by Crippen LogP contribution is 2.19. The second-order valence-electron chi connectivity index (χ2n) is 34.9. The summed E-state index contributed by atoms with van der Waals surface area (Å²) in [6, 6.07) is -17.4. The minimum absolute atomic E-state index is 0.00236. The summed E-state index contributed by atoms with van der Waals surface area (Å²) in [6.07, 6.45) is 5.33. The Bertz CT molecular complexity index is 3100. The molecule has 0 spiro atoms. The smallest absolute Gasteiger partial charge is 0.303 e. The molecule has 37 nitrogen and oxygen atoms in total. The van der Waals surface area contributed by atoms with Gasteiger partial charge in [0.25, 0.3) is 0 Å². The van der Waals surface area contributed by atoms with E-state index in [2.05, 4.69) is 69.1 Å². The lowest BCUT2D eigenvalue weighted by molar-refractivity contribution is -0.138. The zero-order chi connectivity index (χ0) is 91.3. The molecule has 0 unspecified atom stereocenters. The van der Waals surface area contributed by atoms with Crippen LogP contribution >= 0.6 is 0 Å². The number of aliphatic carboxylic acids is 1. The van der Waals surface area contributed by atoms with Crippen LogP contribution in [-0.4, -0.2) is 218 Å². The highest BCUT2D eigenvalue weighted by molar-refractivity contribution is 6.00. The number of primary amides is 1. The third kappa shape index (κ3) is 49.0. The van der Waals surface area contributed by atoms with Crippen LogP contribution < -0.4 is 115 Å². The van der Waals surface area contributed by atoms with Crippen molar-refractivity contribution >= 4 is 88.7 Å². The Morgan fingerprint density at radius 3 is 0.508 bits per heavy atom. The van der Waals surface area contributed by atoms with Crippen molar-refractivity contribution in [3.05, 3.63) is 0 Å². The van der Waals surface area contributed by atoms with Crippen LogP contribution in [0.15, 0.2) is 0 Å². The van der Waals surface area contributed by atoms with E-state index in [9.17, 15) is 71.9 Å². The quantitative estimate of drug-likeness (QED) is 0.0358. The molecule has 0 aromatic heterocycles. The van der Waals surface area contributed by atoms with Crippen molar-refractivity contribution < 1.29 is 77.0 Å². The summed E-state index contributed by atoms with van der Waals surface area (Å²) < 4.78 is 0. The number of unbranched alkanes of at least 4 members (excludes halogenated alkanes) is 6. The zero-order valence-electron chi connectivity index (χ0n) is 74.6. The third-order valence-electron chi connectivity index (χ3n) is 19.9. The molecule has 0 aromatic carbocycles. The van der Waals surface area contributed by atoms with Gasteiger partial charge in [-0.3, -0.25) is 71.9 Å². The maximum Gasteiger partial charge on any atom is 0.303 e. The van der Waals surface area contributed by atoms with Crippen molar-refractivity contribution in [2.75, 3.05) is 39.3 Å². The standard InChI is InChI=1S/C83H159N21O16/c1-48(2)41-62(70(91)107)98-81(118)66(45-52(9)10)100-75(112)59(30-18-24-38-87)92-73(110)57(28-16-22-36-85)96-79(116)64(43-50(5)6)103-83(120)68(47-54(13)14)102-77(114)61(32-20-26-40-89)94-74(111)58(29-17-23-37-86)97-80(117)65(44-51(7)8)104-82(119)67(46-53(11)12)101-76(113)60(31-19-25-39-88)93-72(109)56(27-15-21-35-84)95-78(115)63(42-49(3)4)99-71(108)55(90)33-34-69(105)106/h48-68H,15-47,84-90H2,1-14H3,(H2,91,107)(H,92,110)(H,93,109)(H,94,111)(H,95,115)(H,96,116)(H,97,117)(H,98,118)(H,99,108)(H,100,112)(H,101,113)(H,102,114)(H,103,120)(H,104,119)(H,105,106)/t55-,56-,57-,58-,59-,60-,61-,62-,63-,64-,65-,66-,67-,68-/m0/s1. The molecule has 692 valence electrons. The lowest BCUT2D eigenvalue weighted by Gasteiger charge is -2.30. The van der Waals surface area contributed by atoms with Gasteiger partial charge in [-0.2, -0.15) is 0 Å². The number of amides is 14. The molecule has 0 aromatic rings. The Hall–Kier alpha value is -8.23. The first-order chi connectivity index (χ1) is 56.5. The third-order valence-corrected chi connectivity index (χ3v) is 19.9. The van der Waals surface area contributed by atoms with Gasteiger partial charge in [0.1, 0.15) is 78.5 Å². The summed E-state index contributed by atoms with van der Waals surface area (Å²) in [7, 11) is 0. The van der Waals surface area contributed by atoms with Crippen LogP contribution in [0.4, 0.5) is 0 Å². The molecule has 120 heavy (non-hydrogen) atoms. The van der Waals surface area contributed by atoms with Gasteiger partial charge in [0.2, 0.25) is 82.7 Å². The highest BCUT2D eigenvalue weighted by Gasteiger charge is 2.39. The molecule has 30 N–H and O–H groups in total. The molecule has 14 amide bonds. The van der Waals surface area contributed by atoms with Crippen molar-refractivity contribution in [2.24, 2.45) is 87.3 Å². The van der Waals surface area contributed by atoms with Gasteiger partial charge in [-0.05, 0) is 248 Å². The predicted octanol–water partition coefficient (Wildman–Crippen LogP) is 0.0629. The van der Waals surface area contributed by atoms with E-state index in [0.29, 0.717) is 77.0 Å². The van der Waals surface area contributed by atoms with Crippen LogP contribution in [0.5, 0.6) is 0 Å². The highest BCUT2D eigenvalue weighted by atomic mass is 16.4.